The zero-order valence-corrected chi connectivity index (χ0v) is 12.0. The van der Waals surface area contributed by atoms with Crippen LogP contribution in [-0.4, -0.2) is 57.2 Å². The number of morpholine rings is 1. The summed E-state index contributed by atoms with van der Waals surface area (Å²) in [6.45, 7) is 1.77. The zero-order valence-electron chi connectivity index (χ0n) is 12.0. The van der Waals surface area contributed by atoms with E-state index in [9.17, 15) is 9.59 Å². The summed E-state index contributed by atoms with van der Waals surface area (Å²) in [5.41, 5.74) is 0.472. The van der Waals surface area contributed by atoms with Crippen molar-refractivity contribution < 1.29 is 23.8 Å². The van der Waals surface area contributed by atoms with E-state index in [2.05, 4.69) is 5.32 Å². The van der Waals surface area contributed by atoms with Gasteiger partial charge in [-0.15, -0.1) is 0 Å². The summed E-state index contributed by atoms with van der Waals surface area (Å²) >= 11 is 0. The number of nitrogens with one attached hydrogen (secondary N) is 1. The first-order valence-corrected chi connectivity index (χ1v) is 6.55. The van der Waals surface area contributed by atoms with Crippen LogP contribution in [0.5, 0.6) is 11.5 Å². The number of carbonyl (C=O) groups excluding carboxylic acids is 2. The Morgan fingerprint density at radius 2 is 1.81 bits per heavy atom. The Kier molecular flexibility index (Phi) is 4.99. The highest BCUT2D eigenvalue weighted by atomic mass is 16.5. The summed E-state index contributed by atoms with van der Waals surface area (Å²) in [5.74, 6) is -0.207. The first kappa shape index (κ1) is 15.1. The molecule has 114 valence electrons. The van der Waals surface area contributed by atoms with Crippen LogP contribution >= 0.6 is 0 Å². The lowest BCUT2D eigenvalue weighted by Crippen LogP contribution is -2.45. The normalized spacial score (nSPS) is 14.5. The Morgan fingerprint density at radius 1 is 1.14 bits per heavy atom. The van der Waals surface area contributed by atoms with Crippen molar-refractivity contribution in [1.29, 1.82) is 0 Å². The smallest absolute Gasteiger partial charge is 0.313 e. The molecule has 2 amide bonds. The third-order valence-corrected chi connectivity index (χ3v) is 3.13. The topological polar surface area (TPSA) is 77.1 Å². The highest BCUT2D eigenvalue weighted by Crippen LogP contribution is 2.29. The van der Waals surface area contributed by atoms with Crippen LogP contribution in [0.4, 0.5) is 5.69 Å². The van der Waals surface area contributed by atoms with Crippen LogP contribution in [0, 0.1) is 0 Å². The van der Waals surface area contributed by atoms with E-state index in [0.717, 1.165) is 0 Å². The minimum atomic E-state index is -0.677. The number of anilines is 1. The third kappa shape index (κ3) is 3.63. The molecule has 0 aliphatic carbocycles. The van der Waals surface area contributed by atoms with E-state index in [4.69, 9.17) is 14.2 Å². The molecule has 0 radical (unpaired) electrons. The van der Waals surface area contributed by atoms with Crippen molar-refractivity contribution in [3.8, 4) is 11.5 Å². The fraction of sp³-hybridized carbons (Fsp3) is 0.429. The lowest BCUT2D eigenvalue weighted by Gasteiger charge is -2.26. The standard InChI is InChI=1S/C14H18N2O5/c1-19-11-4-3-10(9-12(11)20-2)15-13(17)14(18)16-5-7-21-8-6-16/h3-4,9H,5-8H2,1-2H3,(H,15,17). The second-order valence-electron chi connectivity index (χ2n) is 4.43. The molecule has 1 aromatic carbocycles. The molecule has 0 unspecified atom stereocenters. The summed E-state index contributed by atoms with van der Waals surface area (Å²) < 4.78 is 15.4. The fourth-order valence-electron chi connectivity index (χ4n) is 2.01. The monoisotopic (exact) mass is 294 g/mol. The van der Waals surface area contributed by atoms with Crippen LogP contribution in [0.1, 0.15) is 0 Å². The second-order valence-corrected chi connectivity index (χ2v) is 4.43. The van der Waals surface area contributed by atoms with Gasteiger partial charge in [-0.2, -0.15) is 0 Å². The molecule has 1 aliphatic heterocycles. The lowest BCUT2D eigenvalue weighted by molar-refractivity contribution is -0.145. The maximum absolute atomic E-state index is 12.0. The average molecular weight is 294 g/mol. The van der Waals surface area contributed by atoms with Gasteiger partial charge in [0.05, 0.1) is 27.4 Å². The van der Waals surface area contributed by atoms with Gasteiger partial charge in [0.15, 0.2) is 11.5 Å². The zero-order chi connectivity index (χ0) is 15.2. The molecule has 1 aliphatic rings. The maximum atomic E-state index is 12.0. The quantitative estimate of drug-likeness (QED) is 0.822. The molecule has 0 aromatic heterocycles. The minimum Gasteiger partial charge on any atom is -0.493 e. The first-order valence-electron chi connectivity index (χ1n) is 6.55. The maximum Gasteiger partial charge on any atom is 0.313 e. The number of rotatable bonds is 3. The van der Waals surface area contributed by atoms with Crippen LogP contribution in [0.15, 0.2) is 18.2 Å². The van der Waals surface area contributed by atoms with Gasteiger partial charge in [-0.3, -0.25) is 9.59 Å². The van der Waals surface area contributed by atoms with Crippen molar-refractivity contribution in [2.24, 2.45) is 0 Å². The van der Waals surface area contributed by atoms with Crippen molar-refractivity contribution in [2.45, 2.75) is 0 Å². The Labute approximate surface area is 122 Å². The first-order chi connectivity index (χ1) is 10.2. The summed E-state index contributed by atoms with van der Waals surface area (Å²) in [7, 11) is 3.03. The van der Waals surface area contributed by atoms with E-state index >= 15 is 0 Å². The van der Waals surface area contributed by atoms with E-state index < -0.39 is 11.8 Å². The predicted molar refractivity (Wildman–Crippen MR) is 75.6 cm³/mol. The molecular formula is C14H18N2O5. The SMILES string of the molecule is COc1ccc(NC(=O)C(=O)N2CCOCC2)cc1OC. The van der Waals surface area contributed by atoms with Crippen molar-refractivity contribution in [3.05, 3.63) is 18.2 Å². The van der Waals surface area contributed by atoms with Gasteiger partial charge in [0.1, 0.15) is 0 Å². The molecular weight excluding hydrogens is 276 g/mol. The van der Waals surface area contributed by atoms with Crippen molar-refractivity contribution >= 4 is 17.5 Å². The predicted octanol–water partition coefficient (Wildman–Crippen LogP) is 0.501. The van der Waals surface area contributed by atoms with Crippen LogP contribution < -0.4 is 14.8 Å². The van der Waals surface area contributed by atoms with Gasteiger partial charge in [-0.1, -0.05) is 0 Å². The molecule has 1 saturated heterocycles. The van der Waals surface area contributed by atoms with Gasteiger partial charge in [0, 0.05) is 24.8 Å². The number of hydrogen-bond donors (Lipinski definition) is 1. The minimum absolute atomic E-state index is 0.429. The molecule has 21 heavy (non-hydrogen) atoms. The molecule has 0 atom stereocenters. The summed E-state index contributed by atoms with van der Waals surface area (Å²) in [6, 6.07) is 4.91. The van der Waals surface area contributed by atoms with Gasteiger partial charge in [-0.05, 0) is 12.1 Å². The molecule has 1 aromatic rings. The van der Waals surface area contributed by atoms with E-state index in [-0.39, 0.29) is 0 Å². The number of methoxy groups -OCH3 is 2. The van der Waals surface area contributed by atoms with E-state index in [1.165, 1.54) is 19.1 Å². The van der Waals surface area contributed by atoms with Gasteiger partial charge in [0.2, 0.25) is 0 Å². The summed E-state index contributed by atoms with van der Waals surface area (Å²) in [6.07, 6.45) is 0. The highest BCUT2D eigenvalue weighted by molar-refractivity contribution is 6.39. The van der Waals surface area contributed by atoms with Crippen molar-refractivity contribution in [3.63, 3.8) is 0 Å². The summed E-state index contributed by atoms with van der Waals surface area (Å²) in [5, 5.41) is 2.56. The summed E-state index contributed by atoms with van der Waals surface area (Å²) in [4.78, 5) is 25.4. The number of carbonyl (C=O) groups is 2. The number of nitrogens with zero attached hydrogens (tertiary/aromatic N) is 1. The third-order valence-electron chi connectivity index (χ3n) is 3.13. The molecule has 0 bridgehead atoms. The van der Waals surface area contributed by atoms with Crippen LogP contribution in [0.3, 0.4) is 0 Å². The van der Waals surface area contributed by atoms with Gasteiger partial charge < -0.3 is 24.4 Å². The average Bonchev–Trinajstić information content (AvgIpc) is 2.54. The van der Waals surface area contributed by atoms with Crippen LogP contribution in [-0.2, 0) is 14.3 Å². The van der Waals surface area contributed by atoms with E-state index in [1.807, 2.05) is 0 Å². The molecule has 1 heterocycles. The van der Waals surface area contributed by atoms with Crippen molar-refractivity contribution in [2.75, 3.05) is 45.8 Å². The number of hydrogen-bond acceptors (Lipinski definition) is 5. The molecule has 7 nitrogen and oxygen atoms in total. The molecule has 1 fully saturated rings. The van der Waals surface area contributed by atoms with Gasteiger partial charge in [0.25, 0.3) is 0 Å². The largest absolute Gasteiger partial charge is 0.493 e. The number of benzene rings is 1. The molecule has 7 heteroatoms. The lowest BCUT2D eigenvalue weighted by atomic mass is 10.2. The molecule has 1 N–H and O–H groups in total. The number of amides is 2. The highest BCUT2D eigenvalue weighted by Gasteiger charge is 2.23. The molecule has 0 saturated carbocycles. The Hall–Kier alpha value is -2.28. The van der Waals surface area contributed by atoms with E-state index in [0.29, 0.717) is 43.5 Å². The number of ether oxygens (including phenoxy) is 3. The Balaban J connectivity index is 2.03. The second kappa shape index (κ2) is 6.94. The molecule has 2 rings (SSSR count). The van der Waals surface area contributed by atoms with E-state index in [1.54, 1.807) is 18.2 Å². The Morgan fingerprint density at radius 3 is 2.43 bits per heavy atom. The van der Waals surface area contributed by atoms with Crippen LogP contribution in [0.25, 0.3) is 0 Å². The van der Waals surface area contributed by atoms with Crippen LogP contribution in [0.2, 0.25) is 0 Å². The van der Waals surface area contributed by atoms with Gasteiger partial charge >= 0.3 is 11.8 Å². The fourth-order valence-corrected chi connectivity index (χ4v) is 2.01. The molecule has 0 spiro atoms. The Bertz CT molecular complexity index is 526. The van der Waals surface area contributed by atoms with Crippen molar-refractivity contribution in [1.82, 2.24) is 4.90 Å². The van der Waals surface area contributed by atoms with Gasteiger partial charge in [-0.25, -0.2) is 0 Å².